The Balaban J connectivity index is 1.57. The molecule has 1 heterocycles. The van der Waals surface area contributed by atoms with Crippen molar-refractivity contribution in [2.75, 3.05) is 0 Å². The highest BCUT2D eigenvalue weighted by molar-refractivity contribution is 5.85. The van der Waals surface area contributed by atoms with Gasteiger partial charge in [0.2, 0.25) is 11.8 Å². The van der Waals surface area contributed by atoms with E-state index in [0.717, 1.165) is 36.3 Å². The van der Waals surface area contributed by atoms with E-state index in [1.54, 1.807) is 0 Å². The first-order valence-corrected chi connectivity index (χ1v) is 11.8. The summed E-state index contributed by atoms with van der Waals surface area (Å²) in [5, 5.41) is 12.3. The van der Waals surface area contributed by atoms with E-state index < -0.39 is 12.0 Å². The van der Waals surface area contributed by atoms with Crippen molar-refractivity contribution in [2.45, 2.75) is 79.1 Å². The lowest BCUT2D eigenvalue weighted by Crippen LogP contribution is -2.49. The summed E-state index contributed by atoms with van der Waals surface area (Å²) in [7, 11) is 0. The van der Waals surface area contributed by atoms with Crippen molar-refractivity contribution in [1.29, 1.82) is 0 Å². The number of nitrogens with one attached hydrogen (secondary N) is 1. The molecule has 2 aromatic rings. The Morgan fingerprint density at radius 2 is 1.88 bits per heavy atom. The van der Waals surface area contributed by atoms with E-state index in [1.807, 2.05) is 58.9 Å². The van der Waals surface area contributed by atoms with E-state index in [9.17, 15) is 14.7 Å². The van der Waals surface area contributed by atoms with Gasteiger partial charge in [-0.2, -0.15) is 0 Å². The van der Waals surface area contributed by atoms with Crippen molar-refractivity contribution in [1.82, 2.24) is 10.3 Å². The number of rotatable bonds is 9. The van der Waals surface area contributed by atoms with Gasteiger partial charge in [0.15, 0.2) is 0 Å². The number of hydrogen-bond donors (Lipinski definition) is 2. The third kappa shape index (κ3) is 6.44. The van der Waals surface area contributed by atoms with Gasteiger partial charge in [0.05, 0.1) is 12.7 Å². The summed E-state index contributed by atoms with van der Waals surface area (Å²) in [6.07, 6.45) is 2.99. The predicted molar refractivity (Wildman–Crippen MR) is 126 cm³/mol. The Morgan fingerprint density at radius 1 is 1.18 bits per heavy atom. The normalized spacial score (nSPS) is 20.4. The lowest BCUT2D eigenvalue weighted by Gasteiger charge is -2.31. The number of carboxylic acid groups (broad SMARTS) is 1. The maximum absolute atomic E-state index is 12.8. The third-order valence-electron chi connectivity index (χ3n) is 6.78. The van der Waals surface area contributed by atoms with E-state index >= 15 is 0 Å². The van der Waals surface area contributed by atoms with Crippen LogP contribution in [0, 0.1) is 31.6 Å². The van der Waals surface area contributed by atoms with Crippen molar-refractivity contribution >= 4 is 11.9 Å². The van der Waals surface area contributed by atoms with Gasteiger partial charge in [-0.25, -0.2) is 9.78 Å². The molecule has 0 aliphatic heterocycles. The van der Waals surface area contributed by atoms with Crippen LogP contribution < -0.4 is 5.32 Å². The molecule has 7 nitrogen and oxygen atoms in total. The first-order chi connectivity index (χ1) is 15.7. The molecule has 1 fully saturated rings. The first-order valence-electron chi connectivity index (χ1n) is 11.8. The van der Waals surface area contributed by atoms with E-state index in [-0.39, 0.29) is 29.8 Å². The molecule has 1 saturated carbocycles. The maximum atomic E-state index is 12.8. The van der Waals surface area contributed by atoms with Crippen LogP contribution >= 0.6 is 0 Å². The Bertz CT molecular complexity index is 950. The van der Waals surface area contributed by atoms with Crippen molar-refractivity contribution in [3.63, 3.8) is 0 Å². The molecule has 0 bridgehead atoms. The molecule has 0 saturated heterocycles. The van der Waals surface area contributed by atoms with Crippen LogP contribution in [-0.2, 0) is 20.9 Å². The zero-order valence-corrected chi connectivity index (χ0v) is 20.3. The largest absolute Gasteiger partial charge is 0.480 e. The SMILES string of the molecule is Cc1ccc(-c2nc(CO[C@H]3CCC[C@@H](C(=O)N[C@H](C(=O)O)[C@@H](C)C(C)C)C3)c(C)o2)cc1. The minimum Gasteiger partial charge on any atom is -0.480 e. The lowest BCUT2D eigenvalue weighted by molar-refractivity contribution is -0.145. The van der Waals surface area contributed by atoms with Gasteiger partial charge in [0, 0.05) is 11.5 Å². The Kier molecular flexibility index (Phi) is 8.30. The number of nitrogens with zero attached hydrogens (tertiary/aromatic N) is 1. The molecule has 0 spiro atoms. The average Bonchev–Trinajstić information content (AvgIpc) is 3.16. The zero-order valence-electron chi connectivity index (χ0n) is 20.3. The molecule has 7 heteroatoms. The third-order valence-corrected chi connectivity index (χ3v) is 6.78. The topological polar surface area (TPSA) is 102 Å². The molecule has 1 amide bonds. The minimum absolute atomic E-state index is 0.0702. The summed E-state index contributed by atoms with van der Waals surface area (Å²) in [5.41, 5.74) is 2.86. The first kappa shape index (κ1) is 25.0. The van der Waals surface area contributed by atoms with E-state index in [2.05, 4.69) is 10.3 Å². The highest BCUT2D eigenvalue weighted by Crippen LogP contribution is 2.29. The fraction of sp³-hybridized carbons (Fsp3) is 0.577. The molecule has 3 rings (SSSR count). The van der Waals surface area contributed by atoms with Crippen LogP contribution in [-0.4, -0.2) is 34.1 Å². The molecular formula is C26H36N2O5. The fourth-order valence-corrected chi connectivity index (χ4v) is 4.19. The number of hydrogen-bond acceptors (Lipinski definition) is 5. The molecule has 0 unspecified atom stereocenters. The second-order valence-electron chi connectivity index (χ2n) is 9.61. The molecule has 1 aromatic carbocycles. The molecule has 4 atom stereocenters. The van der Waals surface area contributed by atoms with Gasteiger partial charge in [-0.3, -0.25) is 4.79 Å². The van der Waals surface area contributed by atoms with Gasteiger partial charge in [0.25, 0.3) is 0 Å². The van der Waals surface area contributed by atoms with Gasteiger partial charge < -0.3 is 19.6 Å². The van der Waals surface area contributed by atoms with Gasteiger partial charge in [-0.15, -0.1) is 0 Å². The van der Waals surface area contributed by atoms with E-state index in [0.29, 0.717) is 18.9 Å². The van der Waals surface area contributed by atoms with Crippen LogP contribution in [0.15, 0.2) is 28.7 Å². The summed E-state index contributed by atoms with van der Waals surface area (Å²) >= 11 is 0. The number of carbonyl (C=O) groups excluding carboxylic acids is 1. The number of aliphatic carboxylic acids is 1. The molecule has 180 valence electrons. The Hall–Kier alpha value is -2.67. The van der Waals surface area contributed by atoms with Crippen LogP contribution in [0.3, 0.4) is 0 Å². The number of carbonyl (C=O) groups is 2. The smallest absolute Gasteiger partial charge is 0.326 e. The van der Waals surface area contributed by atoms with Crippen molar-refractivity contribution in [3.05, 3.63) is 41.3 Å². The quantitative estimate of drug-likeness (QED) is 0.557. The van der Waals surface area contributed by atoms with Gasteiger partial charge in [-0.05, 0) is 57.1 Å². The summed E-state index contributed by atoms with van der Waals surface area (Å²) in [5.74, 6) is -0.120. The van der Waals surface area contributed by atoms with Crippen molar-refractivity contribution < 1.29 is 23.8 Å². The second kappa shape index (κ2) is 11.0. The number of aryl methyl sites for hydroxylation is 2. The molecule has 1 aliphatic carbocycles. The van der Waals surface area contributed by atoms with Gasteiger partial charge in [0.1, 0.15) is 17.5 Å². The number of amides is 1. The summed E-state index contributed by atoms with van der Waals surface area (Å²) in [6, 6.07) is 7.14. The number of oxazole rings is 1. The Labute approximate surface area is 195 Å². The van der Waals surface area contributed by atoms with Crippen LogP contribution in [0.1, 0.15) is 63.5 Å². The number of carboxylic acids is 1. The van der Waals surface area contributed by atoms with Crippen LogP contribution in [0.25, 0.3) is 11.5 Å². The van der Waals surface area contributed by atoms with Crippen LogP contribution in [0.2, 0.25) is 0 Å². The fourth-order valence-electron chi connectivity index (χ4n) is 4.19. The van der Waals surface area contributed by atoms with Crippen LogP contribution in [0.4, 0.5) is 0 Å². The standard InChI is InChI=1S/C26H36N2O5/c1-15(2)17(4)23(26(30)31)28-24(29)20-7-6-8-21(13-20)32-14-22-18(5)33-25(27-22)19-11-9-16(3)10-12-19/h9-12,15,17,20-21,23H,6-8,13-14H2,1-5H3,(H,28,29)(H,30,31)/t17-,20+,21-,23-/m0/s1. The Morgan fingerprint density at radius 3 is 2.52 bits per heavy atom. The highest BCUT2D eigenvalue weighted by atomic mass is 16.5. The maximum Gasteiger partial charge on any atom is 0.326 e. The molecule has 33 heavy (non-hydrogen) atoms. The molecular weight excluding hydrogens is 420 g/mol. The number of aromatic nitrogens is 1. The zero-order chi connectivity index (χ0) is 24.1. The molecule has 1 aromatic heterocycles. The summed E-state index contributed by atoms with van der Waals surface area (Å²) < 4.78 is 12.0. The van der Waals surface area contributed by atoms with Gasteiger partial charge >= 0.3 is 5.97 Å². The van der Waals surface area contributed by atoms with Gasteiger partial charge in [-0.1, -0.05) is 44.9 Å². The minimum atomic E-state index is -0.987. The summed E-state index contributed by atoms with van der Waals surface area (Å²) in [6.45, 7) is 10.0. The highest BCUT2D eigenvalue weighted by Gasteiger charge is 2.33. The van der Waals surface area contributed by atoms with Crippen LogP contribution in [0.5, 0.6) is 0 Å². The predicted octanol–water partition coefficient (Wildman–Crippen LogP) is 4.90. The molecule has 0 radical (unpaired) electrons. The lowest BCUT2D eigenvalue weighted by atomic mass is 9.85. The molecule has 1 aliphatic rings. The monoisotopic (exact) mass is 456 g/mol. The van der Waals surface area contributed by atoms with Crippen molar-refractivity contribution in [2.24, 2.45) is 17.8 Å². The number of ether oxygens (including phenoxy) is 1. The van der Waals surface area contributed by atoms with Crippen molar-refractivity contribution in [3.8, 4) is 11.5 Å². The van der Waals surface area contributed by atoms with E-state index in [1.165, 1.54) is 5.56 Å². The van der Waals surface area contributed by atoms with E-state index in [4.69, 9.17) is 9.15 Å². The second-order valence-corrected chi connectivity index (χ2v) is 9.61. The molecule has 2 N–H and O–H groups in total. The average molecular weight is 457 g/mol. The summed E-state index contributed by atoms with van der Waals surface area (Å²) in [4.78, 5) is 29.1. The number of benzene rings is 1.